The number of hydrogen-bond donors (Lipinski definition) is 1. The minimum absolute atomic E-state index is 0.0671. The van der Waals surface area contributed by atoms with Gasteiger partial charge in [0.2, 0.25) is 0 Å². The van der Waals surface area contributed by atoms with E-state index in [0.717, 1.165) is 24.2 Å². The second-order valence-corrected chi connectivity index (χ2v) is 4.10. The van der Waals surface area contributed by atoms with E-state index in [1.807, 2.05) is 0 Å². The molecule has 2 nitrogen and oxygen atoms in total. The Hall–Kier alpha value is -0.550. The van der Waals surface area contributed by atoms with Crippen LogP contribution in [0.15, 0.2) is 5.51 Å². The first-order valence-electron chi connectivity index (χ1n) is 4.17. The Labute approximate surface area is 78.8 Å². The van der Waals surface area contributed by atoms with Crippen LogP contribution in [-0.2, 0) is 5.92 Å². The van der Waals surface area contributed by atoms with Gasteiger partial charge in [-0.15, -0.1) is 11.3 Å². The second kappa shape index (κ2) is 2.99. The van der Waals surface area contributed by atoms with Crippen LogP contribution in [0, 0.1) is 0 Å². The molecule has 0 amide bonds. The average Bonchev–Trinajstić information content (AvgIpc) is 2.83. The summed E-state index contributed by atoms with van der Waals surface area (Å²) in [7, 11) is 0. The third kappa shape index (κ3) is 1.58. The molecule has 13 heavy (non-hydrogen) atoms. The number of alkyl halides is 2. The molecule has 1 aromatic heterocycles. The van der Waals surface area contributed by atoms with E-state index in [9.17, 15) is 8.78 Å². The lowest BCUT2D eigenvalue weighted by atomic mass is 10.2. The predicted octanol–water partition coefficient (Wildman–Crippen LogP) is 2.07. The molecule has 0 spiro atoms. The van der Waals surface area contributed by atoms with Crippen molar-refractivity contribution in [3.8, 4) is 0 Å². The van der Waals surface area contributed by atoms with E-state index in [-0.39, 0.29) is 10.8 Å². The van der Waals surface area contributed by atoms with Crippen LogP contribution in [0.1, 0.15) is 29.3 Å². The van der Waals surface area contributed by atoms with E-state index < -0.39 is 12.5 Å². The van der Waals surface area contributed by atoms with Crippen molar-refractivity contribution in [3.05, 3.63) is 16.1 Å². The van der Waals surface area contributed by atoms with Gasteiger partial charge in [0.05, 0.1) is 22.6 Å². The zero-order chi connectivity index (χ0) is 9.47. The summed E-state index contributed by atoms with van der Waals surface area (Å²) in [6, 6.07) is 0. The first kappa shape index (κ1) is 9.02. The van der Waals surface area contributed by atoms with Crippen LogP contribution in [0.2, 0.25) is 0 Å². The van der Waals surface area contributed by atoms with Crippen LogP contribution in [0.4, 0.5) is 8.78 Å². The van der Waals surface area contributed by atoms with Gasteiger partial charge in [0.15, 0.2) is 0 Å². The van der Waals surface area contributed by atoms with Crippen molar-refractivity contribution >= 4 is 11.3 Å². The van der Waals surface area contributed by atoms with Crippen LogP contribution >= 0.6 is 11.3 Å². The normalized spacial score (nSPS) is 17.8. The Morgan fingerprint density at radius 2 is 2.31 bits per heavy atom. The largest absolute Gasteiger partial charge is 0.325 e. The summed E-state index contributed by atoms with van der Waals surface area (Å²) in [6.07, 6.45) is 1.97. The number of nitrogens with zero attached hydrogens (tertiary/aromatic N) is 1. The second-order valence-electron chi connectivity index (χ2n) is 3.25. The van der Waals surface area contributed by atoms with E-state index in [0.29, 0.717) is 5.69 Å². The van der Waals surface area contributed by atoms with Crippen molar-refractivity contribution in [1.82, 2.24) is 4.98 Å². The molecule has 1 aliphatic rings. The molecular formula is C8H10F2N2S. The van der Waals surface area contributed by atoms with Gasteiger partial charge in [-0.1, -0.05) is 0 Å². The minimum atomic E-state index is -2.89. The highest BCUT2D eigenvalue weighted by Crippen LogP contribution is 2.45. The first-order valence-corrected chi connectivity index (χ1v) is 5.05. The summed E-state index contributed by atoms with van der Waals surface area (Å²) in [6.45, 7) is -0.630. The Bertz CT molecular complexity index is 307. The van der Waals surface area contributed by atoms with Gasteiger partial charge >= 0.3 is 0 Å². The van der Waals surface area contributed by atoms with Crippen molar-refractivity contribution in [2.45, 2.75) is 24.7 Å². The monoisotopic (exact) mass is 204 g/mol. The summed E-state index contributed by atoms with van der Waals surface area (Å²) < 4.78 is 26.4. The van der Waals surface area contributed by atoms with Crippen LogP contribution in [0.5, 0.6) is 0 Å². The molecular weight excluding hydrogens is 194 g/mol. The molecule has 2 rings (SSSR count). The fourth-order valence-corrected chi connectivity index (χ4v) is 2.14. The SMILES string of the molecule is NCC(F)(F)c1scnc1C1CC1. The van der Waals surface area contributed by atoms with Gasteiger partial charge in [-0.25, -0.2) is 4.98 Å². The van der Waals surface area contributed by atoms with Gasteiger partial charge in [0, 0.05) is 5.92 Å². The fourth-order valence-electron chi connectivity index (χ4n) is 1.27. The highest BCUT2D eigenvalue weighted by Gasteiger charge is 2.39. The van der Waals surface area contributed by atoms with Gasteiger partial charge in [-0.2, -0.15) is 8.78 Å². The maximum Gasteiger partial charge on any atom is 0.295 e. The van der Waals surface area contributed by atoms with E-state index in [1.54, 1.807) is 0 Å². The van der Waals surface area contributed by atoms with Crippen molar-refractivity contribution in [3.63, 3.8) is 0 Å². The predicted molar refractivity (Wildman–Crippen MR) is 47.0 cm³/mol. The molecule has 0 saturated heterocycles. The highest BCUT2D eigenvalue weighted by atomic mass is 32.1. The number of nitrogens with two attached hydrogens (primary N) is 1. The zero-order valence-electron chi connectivity index (χ0n) is 6.96. The molecule has 2 N–H and O–H groups in total. The molecule has 0 unspecified atom stereocenters. The Balaban J connectivity index is 2.33. The lowest BCUT2D eigenvalue weighted by molar-refractivity contribution is 0.00878. The van der Waals surface area contributed by atoms with Crippen LogP contribution in [0.25, 0.3) is 0 Å². The molecule has 0 aromatic carbocycles. The number of aromatic nitrogens is 1. The van der Waals surface area contributed by atoms with E-state index in [2.05, 4.69) is 4.98 Å². The lowest BCUT2D eigenvalue weighted by Crippen LogP contribution is -2.25. The third-order valence-electron chi connectivity index (χ3n) is 2.15. The van der Waals surface area contributed by atoms with Gasteiger partial charge in [-0.05, 0) is 12.8 Å². The Kier molecular flexibility index (Phi) is 2.08. The van der Waals surface area contributed by atoms with Gasteiger partial charge in [-0.3, -0.25) is 0 Å². The maximum atomic E-state index is 13.2. The maximum absolute atomic E-state index is 13.2. The molecule has 0 radical (unpaired) electrons. The smallest absolute Gasteiger partial charge is 0.295 e. The Morgan fingerprint density at radius 3 is 2.85 bits per heavy atom. The quantitative estimate of drug-likeness (QED) is 0.818. The van der Waals surface area contributed by atoms with Crippen LogP contribution in [0.3, 0.4) is 0 Å². The molecule has 1 saturated carbocycles. The standard InChI is InChI=1S/C8H10F2N2S/c9-8(10,3-11)7-6(5-1-2-5)12-4-13-7/h4-5H,1-3,11H2. The van der Waals surface area contributed by atoms with Crippen molar-refractivity contribution < 1.29 is 8.78 Å². The summed E-state index contributed by atoms with van der Waals surface area (Å²) in [5.74, 6) is -2.63. The number of hydrogen-bond acceptors (Lipinski definition) is 3. The Morgan fingerprint density at radius 1 is 1.62 bits per heavy atom. The van der Waals surface area contributed by atoms with Gasteiger partial charge in [0.1, 0.15) is 0 Å². The lowest BCUT2D eigenvalue weighted by Gasteiger charge is -2.12. The van der Waals surface area contributed by atoms with Crippen molar-refractivity contribution in [2.75, 3.05) is 6.54 Å². The molecule has 1 aromatic rings. The van der Waals surface area contributed by atoms with Crippen molar-refractivity contribution in [1.29, 1.82) is 0 Å². The molecule has 0 atom stereocenters. The summed E-state index contributed by atoms with van der Waals surface area (Å²) in [5, 5.41) is 0. The molecule has 0 aliphatic heterocycles. The molecule has 1 aliphatic carbocycles. The van der Waals surface area contributed by atoms with Crippen molar-refractivity contribution in [2.24, 2.45) is 5.73 Å². The molecule has 5 heteroatoms. The number of halogens is 2. The molecule has 1 heterocycles. The summed E-state index contributed by atoms with van der Waals surface area (Å²) in [5.41, 5.74) is 7.06. The summed E-state index contributed by atoms with van der Waals surface area (Å²) in [4.78, 5) is 4.04. The number of thiazole rings is 1. The topological polar surface area (TPSA) is 38.9 Å². The zero-order valence-corrected chi connectivity index (χ0v) is 7.78. The fraction of sp³-hybridized carbons (Fsp3) is 0.625. The van der Waals surface area contributed by atoms with Gasteiger partial charge in [0.25, 0.3) is 5.92 Å². The van der Waals surface area contributed by atoms with Gasteiger partial charge < -0.3 is 5.73 Å². The molecule has 0 bridgehead atoms. The van der Waals surface area contributed by atoms with E-state index in [4.69, 9.17) is 5.73 Å². The van der Waals surface area contributed by atoms with E-state index in [1.165, 1.54) is 5.51 Å². The highest BCUT2D eigenvalue weighted by molar-refractivity contribution is 7.09. The first-order chi connectivity index (χ1) is 6.15. The minimum Gasteiger partial charge on any atom is -0.325 e. The summed E-state index contributed by atoms with van der Waals surface area (Å²) >= 11 is 1.01. The molecule has 72 valence electrons. The van der Waals surface area contributed by atoms with E-state index >= 15 is 0 Å². The molecule has 1 fully saturated rings. The van der Waals surface area contributed by atoms with Crippen LogP contribution in [-0.4, -0.2) is 11.5 Å². The third-order valence-corrected chi connectivity index (χ3v) is 3.10. The average molecular weight is 204 g/mol. The van der Waals surface area contributed by atoms with Crippen LogP contribution < -0.4 is 5.73 Å². The number of rotatable bonds is 3.